The van der Waals surface area contributed by atoms with E-state index in [1.165, 1.54) is 0 Å². The van der Waals surface area contributed by atoms with E-state index in [4.69, 9.17) is 18.9 Å². The molecule has 4 aliphatic rings. The highest BCUT2D eigenvalue weighted by molar-refractivity contribution is 8.77. The van der Waals surface area contributed by atoms with Crippen molar-refractivity contribution < 1.29 is 38.1 Å². The molecule has 2 atom stereocenters. The largest absolute Gasteiger partial charge is 0.493 e. The van der Waals surface area contributed by atoms with Gasteiger partial charge >= 0.3 is 0 Å². The lowest BCUT2D eigenvalue weighted by molar-refractivity contribution is -0.117. The van der Waals surface area contributed by atoms with Crippen LogP contribution in [0, 0.1) is 0 Å². The monoisotopic (exact) mass is 955 g/mol. The Morgan fingerprint density at radius 2 is 1.22 bits per heavy atom. The number of ether oxygens (including phenoxy) is 4. The molecule has 4 heterocycles. The summed E-state index contributed by atoms with van der Waals surface area (Å²) < 4.78 is 24.5. The van der Waals surface area contributed by atoms with Crippen LogP contribution in [0.25, 0.3) is 0 Å². The van der Waals surface area contributed by atoms with Gasteiger partial charge in [-0.15, -0.1) is 0 Å². The van der Waals surface area contributed by atoms with E-state index in [-0.39, 0.29) is 53.5 Å². The zero-order valence-electron chi connectivity index (χ0n) is 39.1. The summed E-state index contributed by atoms with van der Waals surface area (Å²) in [6.07, 6.45) is 3.92. The van der Waals surface area contributed by atoms with E-state index < -0.39 is 0 Å². The van der Waals surface area contributed by atoms with E-state index in [2.05, 4.69) is 41.9 Å². The summed E-state index contributed by atoms with van der Waals surface area (Å²) in [7, 11) is 6.59. The van der Waals surface area contributed by atoms with Crippen molar-refractivity contribution in [2.24, 2.45) is 0 Å². The summed E-state index contributed by atoms with van der Waals surface area (Å²) in [5, 5.41) is 10.1. The van der Waals surface area contributed by atoms with Crippen LogP contribution in [0.2, 0.25) is 0 Å². The van der Waals surface area contributed by atoms with Gasteiger partial charge in [0.1, 0.15) is 19.0 Å². The Balaban J connectivity index is 0.926. The van der Waals surface area contributed by atoms with Crippen LogP contribution < -0.4 is 44.7 Å². The second-order valence-corrected chi connectivity index (χ2v) is 21.4. The molecule has 0 aromatic heterocycles. The van der Waals surface area contributed by atoms with Crippen molar-refractivity contribution in [3.8, 4) is 23.0 Å². The fourth-order valence-corrected chi connectivity index (χ4v) is 12.0. The SMILES string of the molecule is COc1cc2c(cc1OCc1cc(COc3cc4c(cc3OC)C(=O)N3c5ccccc5C[C@H]3CN4)cc(NC(=O)CCCSSC(C)(C)CCC(C)=O)c1)NC[C@@H]1Cc3ccccc3N1C2=O. The second-order valence-electron chi connectivity index (χ2n) is 18.3. The molecule has 0 spiro atoms. The van der Waals surface area contributed by atoms with Crippen LogP contribution >= 0.6 is 21.6 Å². The normalized spacial score (nSPS) is 16.7. The molecule has 4 aliphatic heterocycles. The fourth-order valence-electron chi connectivity index (χ4n) is 9.38. The third-order valence-corrected chi connectivity index (χ3v) is 16.3. The van der Waals surface area contributed by atoms with Crippen molar-refractivity contribution in [3.63, 3.8) is 0 Å². The highest BCUT2D eigenvalue weighted by atomic mass is 33.1. The van der Waals surface area contributed by atoms with E-state index >= 15 is 0 Å². The predicted octanol–water partition coefficient (Wildman–Crippen LogP) is 10.1. The summed E-state index contributed by atoms with van der Waals surface area (Å²) in [6.45, 7) is 7.30. The molecule has 13 nitrogen and oxygen atoms in total. The van der Waals surface area contributed by atoms with Crippen LogP contribution in [0.1, 0.15) is 89.4 Å². The van der Waals surface area contributed by atoms with E-state index in [1.807, 2.05) is 76.5 Å². The molecule has 0 radical (unpaired) electrons. The predicted molar refractivity (Wildman–Crippen MR) is 271 cm³/mol. The van der Waals surface area contributed by atoms with E-state index in [1.54, 1.807) is 54.9 Å². The first-order chi connectivity index (χ1) is 32.9. The van der Waals surface area contributed by atoms with Gasteiger partial charge in [-0.05, 0) is 111 Å². The fraction of sp³-hybridized carbons (Fsp3) is 0.358. The number of benzene rings is 5. The number of ketones is 1. The van der Waals surface area contributed by atoms with Gasteiger partial charge < -0.3 is 49.5 Å². The highest BCUT2D eigenvalue weighted by Gasteiger charge is 2.39. The van der Waals surface area contributed by atoms with Gasteiger partial charge in [0.25, 0.3) is 11.8 Å². The minimum Gasteiger partial charge on any atom is -0.493 e. The summed E-state index contributed by atoms with van der Waals surface area (Å²) in [4.78, 5) is 56.9. The van der Waals surface area contributed by atoms with Crippen molar-refractivity contribution in [2.45, 2.75) is 89.3 Å². The number of Topliss-reactive ketones (excluding diaryl/α,β-unsaturated/α-hetero) is 1. The molecule has 0 fully saturated rings. The van der Waals surface area contributed by atoms with Crippen LogP contribution in [0.4, 0.5) is 28.4 Å². The number of hydrogen-bond acceptors (Lipinski definition) is 12. The number of nitrogens with one attached hydrogen (secondary N) is 3. The Morgan fingerprint density at radius 1 is 0.706 bits per heavy atom. The molecular formula is C53H57N5O8S2. The van der Waals surface area contributed by atoms with Crippen LogP contribution in [-0.2, 0) is 35.6 Å². The zero-order valence-corrected chi connectivity index (χ0v) is 40.7. The Labute approximate surface area is 405 Å². The first kappa shape index (κ1) is 46.8. The van der Waals surface area contributed by atoms with Gasteiger partial charge in [-0.2, -0.15) is 0 Å². The first-order valence-corrected chi connectivity index (χ1v) is 25.4. The number of carbonyl (C=O) groups excluding carboxylic acids is 4. The van der Waals surface area contributed by atoms with Gasteiger partial charge in [0.15, 0.2) is 23.0 Å². The third-order valence-electron chi connectivity index (χ3n) is 12.8. The summed E-state index contributed by atoms with van der Waals surface area (Å²) in [5.74, 6) is 2.44. The molecule has 9 rings (SSSR count). The van der Waals surface area contributed by atoms with Crippen molar-refractivity contribution in [2.75, 3.05) is 58.8 Å². The van der Waals surface area contributed by atoms with Gasteiger partial charge in [0.05, 0.1) is 48.8 Å². The Morgan fingerprint density at radius 3 is 1.72 bits per heavy atom. The van der Waals surface area contributed by atoms with Crippen LogP contribution in [0.15, 0.2) is 91.0 Å². The van der Waals surface area contributed by atoms with Crippen molar-refractivity contribution in [1.82, 2.24) is 0 Å². The Hall–Kier alpha value is -6.32. The molecule has 0 unspecified atom stereocenters. The maximum Gasteiger partial charge on any atom is 0.260 e. The Kier molecular flexibility index (Phi) is 13.8. The molecule has 0 saturated carbocycles. The lowest BCUT2D eigenvalue weighted by Crippen LogP contribution is -2.39. The quantitative estimate of drug-likeness (QED) is 0.0567. The van der Waals surface area contributed by atoms with Crippen LogP contribution in [0.5, 0.6) is 23.0 Å². The number of para-hydroxylation sites is 2. The number of anilines is 5. The number of methoxy groups -OCH3 is 2. The summed E-state index contributed by atoms with van der Waals surface area (Å²) in [6, 6.07) is 28.9. The summed E-state index contributed by atoms with van der Waals surface area (Å²) >= 11 is 0. The molecule has 354 valence electrons. The van der Waals surface area contributed by atoms with E-state index in [9.17, 15) is 19.2 Å². The van der Waals surface area contributed by atoms with Crippen LogP contribution in [0.3, 0.4) is 0 Å². The number of hydrogen-bond donors (Lipinski definition) is 3. The third kappa shape index (κ3) is 10.1. The maximum atomic E-state index is 14.1. The lowest BCUT2D eigenvalue weighted by Gasteiger charge is -2.23. The molecule has 5 aromatic carbocycles. The van der Waals surface area contributed by atoms with E-state index in [0.717, 1.165) is 58.6 Å². The first-order valence-electron chi connectivity index (χ1n) is 23.1. The van der Waals surface area contributed by atoms with Gasteiger partial charge in [0, 0.05) is 65.6 Å². The van der Waals surface area contributed by atoms with Gasteiger partial charge in [-0.1, -0.05) is 58.0 Å². The molecule has 0 aliphatic carbocycles. The molecule has 3 N–H and O–H groups in total. The number of fused-ring (bicyclic) bond motifs is 8. The molecule has 0 saturated heterocycles. The highest BCUT2D eigenvalue weighted by Crippen LogP contribution is 2.43. The smallest absolute Gasteiger partial charge is 0.260 e. The van der Waals surface area contributed by atoms with Gasteiger partial charge in [-0.25, -0.2) is 0 Å². The average Bonchev–Trinajstić information content (AvgIpc) is 3.82. The molecule has 5 aromatic rings. The lowest BCUT2D eigenvalue weighted by atomic mass is 10.1. The minimum atomic E-state index is -0.117. The maximum absolute atomic E-state index is 14.1. The molecule has 0 bridgehead atoms. The number of nitrogens with zero attached hydrogens (tertiary/aromatic N) is 2. The number of rotatable bonds is 18. The topological polar surface area (TPSA) is 148 Å². The number of amides is 3. The second kappa shape index (κ2) is 20.1. The zero-order chi connectivity index (χ0) is 47.5. The van der Waals surface area contributed by atoms with E-state index in [0.29, 0.717) is 83.5 Å². The van der Waals surface area contributed by atoms with Crippen molar-refractivity contribution >= 4 is 73.5 Å². The molecule has 68 heavy (non-hydrogen) atoms. The number of carbonyl (C=O) groups is 4. The average molecular weight is 956 g/mol. The van der Waals surface area contributed by atoms with Crippen molar-refractivity contribution in [3.05, 3.63) is 124 Å². The van der Waals surface area contributed by atoms with Gasteiger partial charge in [-0.3, -0.25) is 14.4 Å². The molecule has 3 amide bonds. The molecular weight excluding hydrogens is 899 g/mol. The Bertz CT molecular complexity index is 2610. The standard InChI is InChI=1S/C53H57N5O8S2/c1-32(59)16-17-53(2,3)68-67-18-10-15-50(60)56-37-20-33(30-65-48-26-42-40(24-46(48)63-4)51(61)57-38(28-54-42)22-35-11-6-8-13-44(35)57)19-34(21-37)31-66-49-27-43-41(25-47(49)64-5)52(62)58-39(29-55-43)23-36-12-7-9-14-45(36)58/h6-9,11-14,19-21,24-27,38-39,54-55H,10,15-18,22-23,28-31H2,1-5H3,(H,56,60)/t38-,39-/m0/s1. The summed E-state index contributed by atoms with van der Waals surface area (Å²) in [5.41, 5.74) is 8.63. The molecule has 15 heteroatoms. The minimum absolute atomic E-state index is 0.0185. The van der Waals surface area contributed by atoms with Gasteiger partial charge in [0.2, 0.25) is 5.91 Å². The van der Waals surface area contributed by atoms with Crippen molar-refractivity contribution in [1.29, 1.82) is 0 Å². The van der Waals surface area contributed by atoms with Crippen LogP contribution in [-0.4, -0.2) is 73.4 Å².